The minimum atomic E-state index is -4.36. The molecule has 0 saturated carbocycles. The minimum Gasteiger partial charge on any atom is -0.346 e. The van der Waals surface area contributed by atoms with Crippen molar-refractivity contribution in [1.82, 2.24) is 10.6 Å². The molecule has 15 heavy (non-hydrogen) atoms. The molecule has 0 heterocycles. The van der Waals surface area contributed by atoms with Gasteiger partial charge in [0, 0.05) is 6.04 Å². The molecule has 0 radical (unpaired) electrons. The van der Waals surface area contributed by atoms with Crippen LogP contribution in [0.5, 0.6) is 0 Å². The second-order valence-electron chi connectivity index (χ2n) is 3.53. The van der Waals surface area contributed by atoms with Crippen molar-refractivity contribution in [3.8, 4) is 0 Å². The van der Waals surface area contributed by atoms with Crippen LogP contribution in [0.1, 0.15) is 27.2 Å². The molecule has 90 valence electrons. The highest BCUT2D eigenvalue weighted by Crippen LogP contribution is 2.12. The van der Waals surface area contributed by atoms with Gasteiger partial charge in [0.1, 0.15) is 6.54 Å². The smallest absolute Gasteiger partial charge is 0.346 e. The molecule has 0 aromatic rings. The summed E-state index contributed by atoms with van der Waals surface area (Å²) in [6.07, 6.45) is -3.54. The number of hydrogen-bond acceptors (Lipinski definition) is 2. The van der Waals surface area contributed by atoms with Gasteiger partial charge in [-0.2, -0.15) is 13.2 Å². The van der Waals surface area contributed by atoms with Gasteiger partial charge in [0.15, 0.2) is 0 Å². The summed E-state index contributed by atoms with van der Waals surface area (Å²) in [4.78, 5) is 11.2. The maximum atomic E-state index is 11.8. The average Bonchev–Trinajstić information content (AvgIpc) is 2.12. The Morgan fingerprint density at radius 2 is 1.87 bits per heavy atom. The number of carbonyl (C=O) groups excluding carboxylic acids is 1. The van der Waals surface area contributed by atoms with Gasteiger partial charge in [-0.1, -0.05) is 6.92 Å². The van der Waals surface area contributed by atoms with Crippen LogP contribution in [0.25, 0.3) is 0 Å². The maximum Gasteiger partial charge on any atom is 0.405 e. The molecule has 2 unspecified atom stereocenters. The standard InChI is InChI=1S/C9H17F3N2O/c1-4-6(2)14-7(3)8(15)13-5-9(10,11)12/h6-7,14H,4-5H2,1-3H3,(H,13,15). The second kappa shape index (κ2) is 5.95. The Labute approximate surface area is 87.4 Å². The van der Waals surface area contributed by atoms with E-state index in [1.54, 1.807) is 0 Å². The molecular weight excluding hydrogens is 209 g/mol. The predicted octanol–water partition coefficient (Wildman–Crippen LogP) is 1.44. The van der Waals surface area contributed by atoms with Gasteiger partial charge in [0.2, 0.25) is 5.91 Å². The minimum absolute atomic E-state index is 0.108. The van der Waals surface area contributed by atoms with Gasteiger partial charge in [-0.25, -0.2) is 0 Å². The van der Waals surface area contributed by atoms with Gasteiger partial charge in [0.25, 0.3) is 0 Å². The molecule has 0 aliphatic carbocycles. The number of hydrogen-bond donors (Lipinski definition) is 2. The van der Waals surface area contributed by atoms with Crippen LogP contribution in [0.3, 0.4) is 0 Å². The van der Waals surface area contributed by atoms with Crippen LogP contribution < -0.4 is 10.6 Å². The lowest BCUT2D eigenvalue weighted by Crippen LogP contribution is -2.47. The zero-order valence-electron chi connectivity index (χ0n) is 9.11. The van der Waals surface area contributed by atoms with Gasteiger partial charge in [-0.05, 0) is 20.3 Å². The molecule has 0 aromatic carbocycles. The number of halogens is 3. The second-order valence-corrected chi connectivity index (χ2v) is 3.53. The van der Waals surface area contributed by atoms with Crippen molar-refractivity contribution in [3.05, 3.63) is 0 Å². The summed E-state index contributed by atoms with van der Waals surface area (Å²) in [5.41, 5.74) is 0. The first-order chi connectivity index (χ1) is 6.76. The third-order valence-corrected chi connectivity index (χ3v) is 2.00. The Morgan fingerprint density at radius 3 is 2.27 bits per heavy atom. The van der Waals surface area contributed by atoms with E-state index >= 15 is 0 Å². The Morgan fingerprint density at radius 1 is 1.33 bits per heavy atom. The fourth-order valence-corrected chi connectivity index (χ4v) is 0.961. The molecule has 0 fully saturated rings. The molecule has 2 atom stereocenters. The lowest BCUT2D eigenvalue weighted by atomic mass is 10.2. The summed E-state index contributed by atoms with van der Waals surface area (Å²) in [6, 6.07) is -0.501. The molecule has 6 heteroatoms. The normalized spacial score (nSPS) is 15.9. The average molecular weight is 226 g/mol. The molecule has 0 spiro atoms. The number of alkyl halides is 3. The molecule has 0 rings (SSSR count). The Kier molecular flexibility index (Phi) is 5.64. The van der Waals surface area contributed by atoms with Crippen molar-refractivity contribution in [2.24, 2.45) is 0 Å². The van der Waals surface area contributed by atoms with Gasteiger partial charge in [-0.15, -0.1) is 0 Å². The van der Waals surface area contributed by atoms with Crippen molar-refractivity contribution in [2.45, 2.75) is 45.5 Å². The highest BCUT2D eigenvalue weighted by atomic mass is 19.4. The van der Waals surface area contributed by atoms with E-state index in [-0.39, 0.29) is 6.04 Å². The molecule has 0 aromatic heterocycles. The van der Waals surface area contributed by atoms with Gasteiger partial charge in [-0.3, -0.25) is 4.79 Å². The summed E-state index contributed by atoms with van der Waals surface area (Å²) in [7, 11) is 0. The molecule has 0 saturated heterocycles. The van der Waals surface area contributed by atoms with Crippen LogP contribution in [0.4, 0.5) is 13.2 Å². The van der Waals surface area contributed by atoms with Crippen molar-refractivity contribution >= 4 is 5.91 Å². The van der Waals surface area contributed by atoms with Crippen LogP contribution in [-0.2, 0) is 4.79 Å². The third kappa shape index (κ3) is 7.18. The highest BCUT2D eigenvalue weighted by molar-refractivity contribution is 5.81. The lowest BCUT2D eigenvalue weighted by Gasteiger charge is -2.18. The van der Waals surface area contributed by atoms with Crippen molar-refractivity contribution in [3.63, 3.8) is 0 Å². The topological polar surface area (TPSA) is 41.1 Å². The quantitative estimate of drug-likeness (QED) is 0.744. The summed E-state index contributed by atoms with van der Waals surface area (Å²) >= 11 is 0. The maximum absolute atomic E-state index is 11.8. The van der Waals surface area contributed by atoms with Crippen LogP contribution in [-0.4, -0.2) is 30.7 Å². The number of carbonyl (C=O) groups is 1. The van der Waals surface area contributed by atoms with Crippen LogP contribution >= 0.6 is 0 Å². The van der Waals surface area contributed by atoms with Crippen LogP contribution in [0.2, 0.25) is 0 Å². The van der Waals surface area contributed by atoms with E-state index in [4.69, 9.17) is 0 Å². The van der Waals surface area contributed by atoms with E-state index in [0.29, 0.717) is 0 Å². The van der Waals surface area contributed by atoms with Crippen molar-refractivity contribution < 1.29 is 18.0 Å². The number of nitrogens with one attached hydrogen (secondary N) is 2. The monoisotopic (exact) mass is 226 g/mol. The van der Waals surface area contributed by atoms with E-state index in [2.05, 4.69) is 5.32 Å². The predicted molar refractivity (Wildman–Crippen MR) is 51.4 cm³/mol. The number of rotatable bonds is 5. The zero-order valence-corrected chi connectivity index (χ0v) is 9.11. The Hall–Kier alpha value is -0.780. The van der Waals surface area contributed by atoms with E-state index in [9.17, 15) is 18.0 Å². The fourth-order valence-electron chi connectivity index (χ4n) is 0.961. The van der Waals surface area contributed by atoms with E-state index in [0.717, 1.165) is 6.42 Å². The van der Waals surface area contributed by atoms with Crippen molar-refractivity contribution in [2.75, 3.05) is 6.54 Å². The molecule has 1 amide bonds. The van der Waals surface area contributed by atoms with Gasteiger partial charge < -0.3 is 10.6 Å². The van der Waals surface area contributed by atoms with E-state index < -0.39 is 24.7 Å². The fraction of sp³-hybridized carbons (Fsp3) is 0.889. The van der Waals surface area contributed by atoms with E-state index in [1.165, 1.54) is 6.92 Å². The summed E-state index contributed by atoms with van der Waals surface area (Å²) in [5.74, 6) is -0.632. The molecule has 0 aliphatic rings. The lowest BCUT2D eigenvalue weighted by molar-refractivity contribution is -0.139. The SMILES string of the molecule is CCC(C)NC(C)C(=O)NCC(F)(F)F. The van der Waals surface area contributed by atoms with Crippen LogP contribution in [0.15, 0.2) is 0 Å². The summed E-state index contributed by atoms with van der Waals surface area (Å²) in [6.45, 7) is 4.06. The molecule has 0 bridgehead atoms. The van der Waals surface area contributed by atoms with E-state index in [1.807, 2.05) is 19.2 Å². The first kappa shape index (κ1) is 14.2. The first-order valence-electron chi connectivity index (χ1n) is 4.86. The van der Waals surface area contributed by atoms with Crippen LogP contribution in [0, 0.1) is 0 Å². The Bertz CT molecular complexity index is 206. The summed E-state index contributed by atoms with van der Waals surface area (Å²) in [5, 5.41) is 4.71. The molecule has 0 aliphatic heterocycles. The van der Waals surface area contributed by atoms with Gasteiger partial charge >= 0.3 is 6.18 Å². The van der Waals surface area contributed by atoms with Crippen molar-refractivity contribution in [1.29, 1.82) is 0 Å². The summed E-state index contributed by atoms with van der Waals surface area (Å²) < 4.78 is 35.3. The first-order valence-corrected chi connectivity index (χ1v) is 4.86. The largest absolute Gasteiger partial charge is 0.405 e. The zero-order chi connectivity index (χ0) is 12.1. The molecular formula is C9H17F3N2O. The number of amides is 1. The van der Waals surface area contributed by atoms with Gasteiger partial charge in [0.05, 0.1) is 6.04 Å². The Balaban J connectivity index is 3.89. The molecule has 3 nitrogen and oxygen atoms in total. The molecule has 2 N–H and O–H groups in total. The third-order valence-electron chi connectivity index (χ3n) is 2.00. The highest BCUT2D eigenvalue weighted by Gasteiger charge is 2.28.